The molecule has 2 heterocycles. The van der Waals surface area contributed by atoms with Gasteiger partial charge >= 0.3 is 5.97 Å². The Morgan fingerprint density at radius 2 is 1.74 bits per heavy atom. The Labute approximate surface area is 223 Å². The van der Waals surface area contributed by atoms with E-state index in [1.54, 1.807) is 29.2 Å². The van der Waals surface area contributed by atoms with E-state index in [-0.39, 0.29) is 54.6 Å². The summed E-state index contributed by atoms with van der Waals surface area (Å²) < 4.78 is 15.0. The molecule has 1 aliphatic heterocycles. The molecule has 1 aromatic carbocycles. The van der Waals surface area contributed by atoms with Gasteiger partial charge in [-0.05, 0) is 31.7 Å². The van der Waals surface area contributed by atoms with E-state index in [0.29, 0.717) is 16.3 Å². The van der Waals surface area contributed by atoms with Crippen molar-refractivity contribution in [3.8, 4) is 0 Å². The molecule has 1 aliphatic carbocycles. The number of Topliss-reactive ketones (excluding diaryl/α,β-unsaturated/α-hetero) is 1. The topological polar surface area (TPSA) is 178 Å². The molecule has 1 fully saturated rings. The molecular weight excluding hydrogens is 509 g/mol. The molecular formula is C26H30FN7O5. The van der Waals surface area contributed by atoms with E-state index in [4.69, 9.17) is 10.9 Å². The van der Waals surface area contributed by atoms with Crippen molar-refractivity contribution < 1.29 is 28.7 Å². The molecule has 2 amide bonds. The van der Waals surface area contributed by atoms with Crippen LogP contribution in [0.15, 0.2) is 53.8 Å². The Kier molecular flexibility index (Phi) is 9.84. The number of ketones is 1. The Bertz CT molecular complexity index is 1410. The van der Waals surface area contributed by atoms with Gasteiger partial charge in [-0.3, -0.25) is 19.2 Å². The number of carbonyl (C=O) groups is 4. The van der Waals surface area contributed by atoms with E-state index in [1.165, 1.54) is 36.5 Å². The number of carboxylic acid groups (broad SMARTS) is 1. The lowest BCUT2D eigenvalue weighted by atomic mass is 10.1. The van der Waals surface area contributed by atoms with Crippen LogP contribution in [0.25, 0.3) is 11.4 Å². The van der Waals surface area contributed by atoms with E-state index in [1.807, 2.05) is 6.07 Å². The van der Waals surface area contributed by atoms with Crippen molar-refractivity contribution in [2.45, 2.75) is 6.42 Å². The second kappa shape index (κ2) is 13.3. The van der Waals surface area contributed by atoms with Gasteiger partial charge in [-0.2, -0.15) is 5.10 Å². The molecule has 1 saturated heterocycles. The van der Waals surface area contributed by atoms with E-state index in [2.05, 4.69) is 15.8 Å². The van der Waals surface area contributed by atoms with Gasteiger partial charge in [0, 0.05) is 48.7 Å². The largest absolute Gasteiger partial charge is 0.480 e. The van der Waals surface area contributed by atoms with Crippen LogP contribution in [-0.2, 0) is 9.59 Å². The molecule has 0 radical (unpaired) electrons. The van der Waals surface area contributed by atoms with Crippen LogP contribution in [0.5, 0.6) is 0 Å². The quantitative estimate of drug-likeness (QED) is 0.116. The zero-order valence-electron chi connectivity index (χ0n) is 21.3. The van der Waals surface area contributed by atoms with E-state index in [9.17, 15) is 23.6 Å². The average molecular weight is 540 g/mol. The van der Waals surface area contributed by atoms with Crippen LogP contribution in [-0.4, -0.2) is 94.6 Å². The molecule has 39 heavy (non-hydrogen) atoms. The molecule has 1 aromatic heterocycles. The number of rotatable bonds is 7. The fourth-order valence-corrected chi connectivity index (χ4v) is 4.15. The number of carbonyl (C=O) groups excluding carboxylic acids is 3. The van der Waals surface area contributed by atoms with Gasteiger partial charge in [-0.15, -0.1) is 0 Å². The van der Waals surface area contributed by atoms with Gasteiger partial charge in [0.2, 0.25) is 0 Å². The minimum atomic E-state index is -1.18. The maximum Gasteiger partial charge on any atom is 0.326 e. The lowest BCUT2D eigenvalue weighted by molar-refractivity contribution is -0.138. The summed E-state index contributed by atoms with van der Waals surface area (Å²) >= 11 is 0. The third-order valence-corrected chi connectivity index (χ3v) is 6.01. The highest BCUT2D eigenvalue weighted by Gasteiger charge is 2.30. The second-order valence-electron chi connectivity index (χ2n) is 8.45. The number of aromatic amines is 1. The zero-order valence-corrected chi connectivity index (χ0v) is 21.3. The number of piperazine rings is 1. The minimum Gasteiger partial charge on any atom is -0.480 e. The number of hydrazine groups is 1. The summed E-state index contributed by atoms with van der Waals surface area (Å²) in [6.07, 6.45) is 5.48. The molecule has 0 unspecified atom stereocenters. The van der Waals surface area contributed by atoms with Gasteiger partial charge in [0.1, 0.15) is 5.83 Å². The number of aromatic nitrogens is 1. The lowest BCUT2D eigenvalue weighted by Gasteiger charge is -2.34. The van der Waals surface area contributed by atoms with Gasteiger partial charge in [-0.25, -0.2) is 15.4 Å². The summed E-state index contributed by atoms with van der Waals surface area (Å²) in [6, 6.07) is 8.79. The SMILES string of the molecule is CN.NN(CC(=O)O)/N=C/C1=c2[nH]cc(C(=O)C(=O)N3CCN(C(=O)c4ccccc4)CC3)c2=C(F)C=CC1. The van der Waals surface area contributed by atoms with Crippen molar-refractivity contribution in [3.63, 3.8) is 0 Å². The molecule has 2 aromatic rings. The van der Waals surface area contributed by atoms with Crippen molar-refractivity contribution in [1.82, 2.24) is 19.9 Å². The van der Waals surface area contributed by atoms with Crippen molar-refractivity contribution >= 4 is 41.2 Å². The van der Waals surface area contributed by atoms with E-state index in [0.717, 1.165) is 0 Å². The number of hydrogen-bond donors (Lipinski definition) is 4. The maximum atomic E-state index is 15.0. The molecule has 0 spiro atoms. The fraction of sp³-hybridized carbons (Fsp3) is 0.269. The summed E-state index contributed by atoms with van der Waals surface area (Å²) in [4.78, 5) is 55.4. The van der Waals surface area contributed by atoms with Crippen molar-refractivity contribution in [1.29, 1.82) is 0 Å². The molecule has 6 N–H and O–H groups in total. The highest BCUT2D eigenvalue weighted by Crippen LogP contribution is 2.12. The Hall–Kier alpha value is -4.62. The van der Waals surface area contributed by atoms with Crippen molar-refractivity contribution in [3.05, 3.63) is 70.4 Å². The number of benzene rings is 1. The number of fused-ring (bicyclic) bond motifs is 1. The lowest BCUT2D eigenvalue weighted by Crippen LogP contribution is -2.52. The zero-order chi connectivity index (χ0) is 28.5. The van der Waals surface area contributed by atoms with Crippen LogP contribution in [0.2, 0.25) is 0 Å². The predicted molar refractivity (Wildman–Crippen MR) is 142 cm³/mol. The second-order valence-corrected chi connectivity index (χ2v) is 8.45. The van der Waals surface area contributed by atoms with Crippen molar-refractivity contribution in [2.24, 2.45) is 16.7 Å². The smallest absolute Gasteiger partial charge is 0.326 e. The first kappa shape index (κ1) is 28.9. The normalized spacial score (nSPS) is 14.9. The molecule has 13 heteroatoms. The number of amides is 2. The number of H-pyrrole nitrogens is 1. The highest BCUT2D eigenvalue weighted by molar-refractivity contribution is 6.42. The summed E-state index contributed by atoms with van der Waals surface area (Å²) in [7, 11) is 1.50. The molecule has 0 saturated carbocycles. The third kappa shape index (κ3) is 6.83. The van der Waals surface area contributed by atoms with Crippen LogP contribution >= 0.6 is 0 Å². The van der Waals surface area contributed by atoms with Gasteiger partial charge in [0.25, 0.3) is 17.6 Å². The third-order valence-electron chi connectivity index (χ3n) is 6.01. The number of aliphatic carboxylic acids is 1. The first-order valence-electron chi connectivity index (χ1n) is 12.1. The predicted octanol–water partition coefficient (Wildman–Crippen LogP) is -0.809. The van der Waals surface area contributed by atoms with Crippen LogP contribution < -0.4 is 22.1 Å². The Morgan fingerprint density at radius 3 is 2.38 bits per heavy atom. The van der Waals surface area contributed by atoms with Crippen LogP contribution in [0.3, 0.4) is 0 Å². The van der Waals surface area contributed by atoms with Gasteiger partial charge in [0.05, 0.1) is 17.1 Å². The molecule has 12 nitrogen and oxygen atoms in total. The van der Waals surface area contributed by atoms with Gasteiger partial charge in [0.15, 0.2) is 6.54 Å². The number of hydrogen-bond acceptors (Lipinski definition) is 8. The van der Waals surface area contributed by atoms with Crippen LogP contribution in [0.4, 0.5) is 4.39 Å². The van der Waals surface area contributed by atoms with Crippen LogP contribution in [0, 0.1) is 0 Å². The number of nitrogens with two attached hydrogens (primary N) is 2. The number of nitrogens with zero attached hydrogens (tertiary/aromatic N) is 4. The summed E-state index contributed by atoms with van der Waals surface area (Å²) in [6.45, 7) is 0.326. The summed E-state index contributed by atoms with van der Waals surface area (Å²) in [5, 5.41) is 13.5. The standard InChI is InChI=1S/C25H25FN6O5.CH5N/c26-19-8-4-7-17(13-29-32(27)15-20(33)34)22-21(19)18(14-28-22)23(35)25(37)31-11-9-30(10-12-31)24(36)16-5-2-1-3-6-16;1-2/h1-6,8,13-14,28H,7,9-12,15,27H2,(H,33,34);2H2,1H3/b29-13+;. The van der Waals surface area contributed by atoms with E-state index < -0.39 is 30.0 Å². The fourth-order valence-electron chi connectivity index (χ4n) is 4.15. The monoisotopic (exact) mass is 539 g/mol. The highest BCUT2D eigenvalue weighted by atomic mass is 19.1. The average Bonchev–Trinajstić information content (AvgIpc) is 3.33. The number of carboxylic acids is 1. The number of halogens is 1. The summed E-state index contributed by atoms with van der Waals surface area (Å²) in [5.41, 5.74) is 5.36. The first-order valence-corrected chi connectivity index (χ1v) is 12.1. The Morgan fingerprint density at radius 1 is 1.10 bits per heavy atom. The molecule has 2 aliphatic rings. The minimum absolute atomic E-state index is 0.0757. The molecule has 0 atom stereocenters. The van der Waals surface area contributed by atoms with Gasteiger partial charge in [-0.1, -0.05) is 24.3 Å². The summed E-state index contributed by atoms with van der Waals surface area (Å²) in [5.74, 6) is 1.81. The van der Waals surface area contributed by atoms with Crippen molar-refractivity contribution in [2.75, 3.05) is 39.8 Å². The van der Waals surface area contributed by atoms with Gasteiger partial charge < -0.3 is 25.6 Å². The number of nitrogens with one attached hydrogen (secondary N) is 1. The maximum absolute atomic E-state index is 15.0. The molecule has 206 valence electrons. The number of allylic oxidation sites excluding steroid dienone is 2. The Balaban J connectivity index is 0.00000205. The van der Waals surface area contributed by atoms with E-state index >= 15 is 0 Å². The number of hydrazone groups is 1. The first-order chi connectivity index (χ1) is 18.8. The molecule has 0 bridgehead atoms. The molecule has 4 rings (SSSR count). The van der Waals surface area contributed by atoms with Crippen LogP contribution in [0.1, 0.15) is 27.1 Å².